The summed E-state index contributed by atoms with van der Waals surface area (Å²) in [6, 6.07) is 71.5. The topological polar surface area (TPSA) is 8.17 Å². The molecule has 0 saturated carbocycles. The fourth-order valence-electron chi connectivity index (χ4n) is 9.22. The molecule has 0 bridgehead atoms. The maximum Gasteiger partial charge on any atom is 0.0562 e. The van der Waals surface area contributed by atoms with Crippen LogP contribution in [0.15, 0.2) is 194 Å². The van der Waals surface area contributed by atoms with Gasteiger partial charge in [0.15, 0.2) is 0 Å². The van der Waals surface area contributed by atoms with E-state index in [2.05, 4.69) is 217 Å². The molecular formula is C53H38N2. The average molecular weight is 703 g/mol. The van der Waals surface area contributed by atoms with Gasteiger partial charge in [0.05, 0.1) is 11.0 Å². The molecule has 0 aliphatic heterocycles. The smallest absolute Gasteiger partial charge is 0.0562 e. The van der Waals surface area contributed by atoms with Gasteiger partial charge in [0.1, 0.15) is 0 Å². The Morgan fingerprint density at radius 2 is 1.04 bits per heavy atom. The first-order valence-electron chi connectivity index (χ1n) is 19.2. The van der Waals surface area contributed by atoms with Crippen molar-refractivity contribution in [3.05, 3.63) is 205 Å². The summed E-state index contributed by atoms with van der Waals surface area (Å²) in [5.41, 5.74) is 14.6. The minimum atomic E-state index is -0.113. The summed E-state index contributed by atoms with van der Waals surface area (Å²) in [6.07, 6.45) is 0. The zero-order valence-electron chi connectivity index (χ0n) is 30.9. The van der Waals surface area contributed by atoms with Crippen molar-refractivity contribution in [1.82, 2.24) is 4.57 Å². The number of fused-ring (bicyclic) bond motifs is 9. The number of hydrogen-bond acceptors (Lipinski definition) is 1. The van der Waals surface area contributed by atoms with Crippen molar-refractivity contribution in [3.8, 4) is 27.9 Å². The lowest BCUT2D eigenvalue weighted by Gasteiger charge is -2.28. The lowest BCUT2D eigenvalue weighted by atomic mass is 9.82. The van der Waals surface area contributed by atoms with Crippen LogP contribution in [-0.2, 0) is 5.41 Å². The summed E-state index contributed by atoms with van der Waals surface area (Å²) in [5, 5.41) is 7.51. The standard InChI is InChI=1S/C53H38N2/c1-53(2)48-19-11-10-18-45(48)46-29-27-42(33-49(46)53)54(40-24-20-37(21-25-40)35-12-4-3-5-13-35)43-28-30-47-51(34-43)55(41-26-22-36-14-6-7-16-39(36)32-41)50-31-23-38-15-8-9-17-44(38)52(47)50/h3-34H,1-2H3. The first-order chi connectivity index (χ1) is 27.0. The van der Waals surface area contributed by atoms with Crippen LogP contribution in [0, 0.1) is 0 Å². The predicted molar refractivity (Wildman–Crippen MR) is 233 cm³/mol. The van der Waals surface area contributed by atoms with E-state index in [1.807, 2.05) is 0 Å². The van der Waals surface area contributed by atoms with Gasteiger partial charge in [-0.3, -0.25) is 0 Å². The van der Waals surface area contributed by atoms with E-state index in [0.29, 0.717) is 0 Å². The highest BCUT2D eigenvalue weighted by Crippen LogP contribution is 2.51. The largest absolute Gasteiger partial charge is 0.310 e. The Morgan fingerprint density at radius 1 is 0.400 bits per heavy atom. The molecule has 1 aliphatic rings. The van der Waals surface area contributed by atoms with Crippen molar-refractivity contribution in [2.75, 3.05) is 4.90 Å². The molecule has 0 amide bonds. The van der Waals surface area contributed by atoms with Gasteiger partial charge in [0.25, 0.3) is 0 Å². The van der Waals surface area contributed by atoms with Gasteiger partial charge in [-0.2, -0.15) is 0 Å². The molecule has 2 heteroatoms. The molecule has 0 N–H and O–H groups in total. The first-order valence-corrected chi connectivity index (χ1v) is 19.2. The normalized spacial score (nSPS) is 13.1. The van der Waals surface area contributed by atoms with Crippen molar-refractivity contribution >= 4 is 60.4 Å². The highest BCUT2D eigenvalue weighted by Gasteiger charge is 2.35. The van der Waals surface area contributed by atoms with Gasteiger partial charge in [-0.1, -0.05) is 153 Å². The molecule has 0 spiro atoms. The van der Waals surface area contributed by atoms with Crippen molar-refractivity contribution < 1.29 is 0 Å². The molecule has 0 atom stereocenters. The monoisotopic (exact) mass is 702 g/mol. The highest BCUT2D eigenvalue weighted by atomic mass is 15.1. The van der Waals surface area contributed by atoms with Crippen LogP contribution in [-0.4, -0.2) is 4.57 Å². The Hall–Kier alpha value is -6.90. The third-order valence-electron chi connectivity index (χ3n) is 11.9. The molecule has 55 heavy (non-hydrogen) atoms. The lowest BCUT2D eigenvalue weighted by molar-refractivity contribution is 0.660. The van der Waals surface area contributed by atoms with E-state index in [1.165, 1.54) is 76.7 Å². The maximum atomic E-state index is 2.46. The molecule has 260 valence electrons. The Labute approximate surface area is 321 Å². The molecule has 11 rings (SSSR count). The fourth-order valence-corrected chi connectivity index (χ4v) is 9.22. The molecule has 1 aromatic heterocycles. The van der Waals surface area contributed by atoms with Crippen LogP contribution in [0.2, 0.25) is 0 Å². The minimum Gasteiger partial charge on any atom is -0.310 e. The molecule has 9 aromatic carbocycles. The third-order valence-corrected chi connectivity index (χ3v) is 11.9. The van der Waals surface area contributed by atoms with Gasteiger partial charge < -0.3 is 9.47 Å². The van der Waals surface area contributed by atoms with Crippen LogP contribution < -0.4 is 4.90 Å². The summed E-state index contributed by atoms with van der Waals surface area (Å²) in [7, 11) is 0. The van der Waals surface area contributed by atoms with Gasteiger partial charge in [0, 0.05) is 38.9 Å². The minimum absolute atomic E-state index is 0.113. The zero-order valence-corrected chi connectivity index (χ0v) is 30.9. The van der Waals surface area contributed by atoms with E-state index in [-0.39, 0.29) is 5.41 Å². The molecule has 1 aliphatic carbocycles. The van der Waals surface area contributed by atoms with E-state index in [1.54, 1.807) is 0 Å². The second kappa shape index (κ2) is 12.1. The van der Waals surface area contributed by atoms with Crippen LogP contribution in [0.4, 0.5) is 17.1 Å². The average Bonchev–Trinajstić information content (AvgIpc) is 3.69. The Bertz CT molecular complexity index is 3110. The second-order valence-electron chi connectivity index (χ2n) is 15.4. The van der Waals surface area contributed by atoms with Crippen LogP contribution in [0.1, 0.15) is 25.0 Å². The predicted octanol–water partition coefficient (Wildman–Crippen LogP) is 14.5. The van der Waals surface area contributed by atoms with Crippen LogP contribution in [0.5, 0.6) is 0 Å². The van der Waals surface area contributed by atoms with Gasteiger partial charge in [0.2, 0.25) is 0 Å². The SMILES string of the molecule is CC1(C)c2ccccc2-c2ccc(N(c3ccc(-c4ccccc4)cc3)c3ccc4c5c6ccccc6ccc5n(-c5ccc6ccccc6c5)c4c3)cc21. The number of anilines is 3. The number of rotatable bonds is 5. The molecule has 1 heterocycles. The molecule has 0 saturated heterocycles. The zero-order chi connectivity index (χ0) is 36.7. The number of aromatic nitrogens is 1. The summed E-state index contributed by atoms with van der Waals surface area (Å²) < 4.78 is 2.46. The summed E-state index contributed by atoms with van der Waals surface area (Å²) >= 11 is 0. The van der Waals surface area contributed by atoms with Crippen molar-refractivity contribution in [3.63, 3.8) is 0 Å². The van der Waals surface area contributed by atoms with Gasteiger partial charge in [-0.05, 0) is 110 Å². The molecule has 0 radical (unpaired) electrons. The maximum absolute atomic E-state index is 2.46. The summed E-state index contributed by atoms with van der Waals surface area (Å²) in [5.74, 6) is 0. The van der Waals surface area contributed by atoms with Crippen molar-refractivity contribution in [2.24, 2.45) is 0 Å². The summed E-state index contributed by atoms with van der Waals surface area (Å²) in [6.45, 7) is 4.72. The van der Waals surface area contributed by atoms with E-state index >= 15 is 0 Å². The fraction of sp³-hybridized carbons (Fsp3) is 0.0566. The second-order valence-corrected chi connectivity index (χ2v) is 15.4. The van der Waals surface area contributed by atoms with Crippen LogP contribution in [0.25, 0.3) is 71.3 Å². The number of benzene rings is 9. The van der Waals surface area contributed by atoms with Crippen molar-refractivity contribution in [1.29, 1.82) is 0 Å². The van der Waals surface area contributed by atoms with Gasteiger partial charge >= 0.3 is 0 Å². The molecule has 10 aromatic rings. The van der Waals surface area contributed by atoms with E-state index in [0.717, 1.165) is 22.7 Å². The Kier molecular flexibility index (Phi) is 6.93. The summed E-state index contributed by atoms with van der Waals surface area (Å²) in [4.78, 5) is 2.44. The lowest BCUT2D eigenvalue weighted by Crippen LogP contribution is -2.16. The quantitative estimate of drug-likeness (QED) is 0.173. The highest BCUT2D eigenvalue weighted by molar-refractivity contribution is 6.22. The number of nitrogens with zero attached hydrogens (tertiary/aromatic N) is 2. The van der Waals surface area contributed by atoms with Crippen LogP contribution in [0.3, 0.4) is 0 Å². The van der Waals surface area contributed by atoms with Crippen LogP contribution >= 0.6 is 0 Å². The Balaban J connectivity index is 1.16. The van der Waals surface area contributed by atoms with E-state index in [4.69, 9.17) is 0 Å². The third kappa shape index (κ3) is 4.88. The van der Waals surface area contributed by atoms with Gasteiger partial charge in [-0.25, -0.2) is 0 Å². The Morgan fingerprint density at radius 3 is 1.89 bits per heavy atom. The molecule has 0 fully saturated rings. The number of hydrogen-bond donors (Lipinski definition) is 0. The first kappa shape index (κ1) is 31.6. The van der Waals surface area contributed by atoms with Gasteiger partial charge in [-0.15, -0.1) is 0 Å². The molecular weight excluding hydrogens is 665 g/mol. The van der Waals surface area contributed by atoms with E-state index < -0.39 is 0 Å². The van der Waals surface area contributed by atoms with Crippen molar-refractivity contribution in [2.45, 2.75) is 19.3 Å². The van der Waals surface area contributed by atoms with E-state index in [9.17, 15) is 0 Å². The molecule has 2 nitrogen and oxygen atoms in total. The molecule has 0 unspecified atom stereocenters.